The molecule has 1 aliphatic heterocycles. The molecule has 2 aromatic carbocycles. The Bertz CT molecular complexity index is 988. The Morgan fingerprint density at radius 2 is 1.59 bits per heavy atom. The molecule has 1 fully saturated rings. The fourth-order valence-corrected chi connectivity index (χ4v) is 4.19. The van der Waals surface area contributed by atoms with Crippen LogP contribution < -0.4 is 0 Å². The van der Waals surface area contributed by atoms with Gasteiger partial charge in [0.1, 0.15) is 0 Å². The third-order valence-electron chi connectivity index (χ3n) is 5.39. The fraction of sp³-hybridized carbons (Fsp3) is 0.364. The number of hydrogen-bond acceptors (Lipinski definition) is 4. The number of hydrogen-bond donors (Lipinski definition) is 0. The number of piperazine rings is 1. The molecule has 0 N–H and O–H groups in total. The molecule has 0 bridgehead atoms. The van der Waals surface area contributed by atoms with Gasteiger partial charge in [0.15, 0.2) is 10.6 Å². The van der Waals surface area contributed by atoms with Gasteiger partial charge in [0.25, 0.3) is 0 Å². The van der Waals surface area contributed by atoms with Crippen LogP contribution in [0.4, 0.5) is 0 Å². The van der Waals surface area contributed by atoms with E-state index in [1.807, 2.05) is 35.0 Å². The SMILES string of the molecule is CCn1c(-c2ccccc2)nn(CN2CCN(Cc3ccc(Cl)cc3)CC2)c1=S. The Morgan fingerprint density at radius 1 is 0.931 bits per heavy atom. The molecule has 4 rings (SSSR count). The molecule has 0 unspecified atom stereocenters. The highest BCUT2D eigenvalue weighted by Crippen LogP contribution is 2.19. The van der Waals surface area contributed by atoms with Crippen molar-refractivity contribution in [1.82, 2.24) is 24.1 Å². The third kappa shape index (κ3) is 4.78. The van der Waals surface area contributed by atoms with Crippen LogP contribution in [0.3, 0.4) is 0 Å². The molecule has 0 aliphatic carbocycles. The molecular formula is C22H26ClN5S. The molecule has 3 aromatic rings. The Kier molecular flexibility index (Phi) is 6.45. The van der Waals surface area contributed by atoms with Crippen LogP contribution >= 0.6 is 23.8 Å². The average Bonchev–Trinajstić information content (AvgIpc) is 3.07. The van der Waals surface area contributed by atoms with Gasteiger partial charge in [-0.15, -0.1) is 0 Å². The average molecular weight is 428 g/mol. The summed E-state index contributed by atoms with van der Waals surface area (Å²) < 4.78 is 4.87. The van der Waals surface area contributed by atoms with Gasteiger partial charge in [0.05, 0.1) is 6.67 Å². The maximum absolute atomic E-state index is 5.99. The molecule has 1 saturated heterocycles. The van der Waals surface area contributed by atoms with Gasteiger partial charge in [0.2, 0.25) is 0 Å². The van der Waals surface area contributed by atoms with Gasteiger partial charge < -0.3 is 4.57 Å². The normalized spacial score (nSPS) is 15.7. The summed E-state index contributed by atoms with van der Waals surface area (Å²) in [7, 11) is 0. The van der Waals surface area contributed by atoms with Crippen molar-refractivity contribution in [3.63, 3.8) is 0 Å². The predicted octanol–water partition coefficient (Wildman–Crippen LogP) is 4.53. The summed E-state index contributed by atoms with van der Waals surface area (Å²) in [5.74, 6) is 0.944. The molecule has 0 spiro atoms. The first-order chi connectivity index (χ1) is 14.1. The number of nitrogens with zero attached hydrogens (tertiary/aromatic N) is 5. The maximum atomic E-state index is 5.99. The van der Waals surface area contributed by atoms with E-state index in [4.69, 9.17) is 28.9 Å². The summed E-state index contributed by atoms with van der Waals surface area (Å²) in [6.45, 7) is 8.73. The van der Waals surface area contributed by atoms with Crippen molar-refractivity contribution in [1.29, 1.82) is 0 Å². The van der Waals surface area contributed by atoms with Gasteiger partial charge in [0, 0.05) is 49.9 Å². The molecule has 1 aliphatic rings. The van der Waals surface area contributed by atoms with Crippen molar-refractivity contribution in [2.75, 3.05) is 26.2 Å². The highest BCUT2D eigenvalue weighted by Gasteiger charge is 2.19. The lowest BCUT2D eigenvalue weighted by atomic mass is 10.2. The zero-order valence-corrected chi connectivity index (χ0v) is 18.2. The minimum absolute atomic E-state index is 0.737. The van der Waals surface area contributed by atoms with Crippen LogP contribution in [0.2, 0.25) is 5.02 Å². The molecular weight excluding hydrogens is 402 g/mol. The second-order valence-corrected chi connectivity index (χ2v) is 8.18. The van der Waals surface area contributed by atoms with Crippen LogP contribution in [-0.4, -0.2) is 50.3 Å². The van der Waals surface area contributed by atoms with Gasteiger partial charge in [-0.2, -0.15) is 5.10 Å². The number of halogens is 1. The van der Waals surface area contributed by atoms with Crippen LogP contribution in [0.5, 0.6) is 0 Å². The lowest BCUT2D eigenvalue weighted by Crippen LogP contribution is -2.46. The van der Waals surface area contributed by atoms with E-state index in [-0.39, 0.29) is 0 Å². The van der Waals surface area contributed by atoms with Crippen LogP contribution in [0.1, 0.15) is 12.5 Å². The highest BCUT2D eigenvalue weighted by molar-refractivity contribution is 7.71. The number of aromatic nitrogens is 3. The summed E-state index contributed by atoms with van der Waals surface area (Å²) in [6.07, 6.45) is 0. The van der Waals surface area contributed by atoms with E-state index in [1.165, 1.54) is 5.56 Å². The molecule has 2 heterocycles. The van der Waals surface area contributed by atoms with Gasteiger partial charge in [-0.25, -0.2) is 4.68 Å². The van der Waals surface area contributed by atoms with Crippen molar-refractivity contribution in [2.45, 2.75) is 26.7 Å². The van der Waals surface area contributed by atoms with Crippen LogP contribution in [0.25, 0.3) is 11.4 Å². The van der Waals surface area contributed by atoms with Gasteiger partial charge in [-0.3, -0.25) is 9.80 Å². The maximum Gasteiger partial charge on any atom is 0.199 e. The van der Waals surface area contributed by atoms with Crippen molar-refractivity contribution in [2.24, 2.45) is 0 Å². The second kappa shape index (κ2) is 9.22. The Hall–Kier alpha value is -1.99. The second-order valence-electron chi connectivity index (χ2n) is 7.38. The lowest BCUT2D eigenvalue weighted by Gasteiger charge is -2.34. The molecule has 0 radical (unpaired) electrons. The van der Waals surface area contributed by atoms with E-state index in [9.17, 15) is 0 Å². The van der Waals surface area contributed by atoms with E-state index in [2.05, 4.69) is 45.6 Å². The predicted molar refractivity (Wildman–Crippen MR) is 120 cm³/mol. The third-order valence-corrected chi connectivity index (χ3v) is 6.07. The first kappa shape index (κ1) is 20.3. The molecule has 0 amide bonds. The van der Waals surface area contributed by atoms with Crippen LogP contribution in [-0.2, 0) is 19.8 Å². The van der Waals surface area contributed by atoms with E-state index in [0.717, 1.165) is 67.1 Å². The van der Waals surface area contributed by atoms with E-state index in [0.29, 0.717) is 0 Å². The molecule has 1 aromatic heterocycles. The Labute approximate surface area is 182 Å². The standard InChI is InChI=1S/C22H26ClN5S/c1-2-27-21(19-6-4-3-5-7-19)24-28(22(27)29)17-26-14-12-25(13-15-26)16-18-8-10-20(23)11-9-18/h3-11H,2,12-17H2,1H3. The first-order valence-electron chi connectivity index (χ1n) is 10.1. The number of benzene rings is 2. The number of rotatable bonds is 6. The van der Waals surface area contributed by atoms with Crippen LogP contribution in [0, 0.1) is 4.77 Å². The van der Waals surface area contributed by atoms with Gasteiger partial charge in [-0.05, 0) is 36.8 Å². The smallest absolute Gasteiger partial charge is 0.199 e. The van der Waals surface area contributed by atoms with Gasteiger partial charge in [-0.1, -0.05) is 54.1 Å². The van der Waals surface area contributed by atoms with E-state index >= 15 is 0 Å². The molecule has 0 saturated carbocycles. The zero-order chi connectivity index (χ0) is 20.2. The van der Waals surface area contributed by atoms with Crippen molar-refractivity contribution in [3.8, 4) is 11.4 Å². The minimum Gasteiger partial charge on any atom is -0.300 e. The molecule has 152 valence electrons. The summed E-state index contributed by atoms with van der Waals surface area (Å²) in [6, 6.07) is 18.4. The molecule has 0 atom stereocenters. The summed E-state index contributed by atoms with van der Waals surface area (Å²) in [5, 5.41) is 5.64. The minimum atomic E-state index is 0.737. The quantitative estimate of drug-likeness (QED) is 0.540. The Balaban J connectivity index is 1.40. The summed E-state index contributed by atoms with van der Waals surface area (Å²) >= 11 is 11.7. The highest BCUT2D eigenvalue weighted by atomic mass is 35.5. The fourth-order valence-electron chi connectivity index (χ4n) is 3.75. The lowest BCUT2D eigenvalue weighted by molar-refractivity contribution is 0.0980. The Morgan fingerprint density at radius 3 is 2.24 bits per heavy atom. The summed E-state index contributed by atoms with van der Waals surface area (Å²) in [5.41, 5.74) is 2.41. The van der Waals surface area contributed by atoms with Crippen molar-refractivity contribution >= 4 is 23.8 Å². The van der Waals surface area contributed by atoms with Crippen LogP contribution in [0.15, 0.2) is 54.6 Å². The van der Waals surface area contributed by atoms with E-state index < -0.39 is 0 Å². The van der Waals surface area contributed by atoms with E-state index in [1.54, 1.807) is 0 Å². The molecule has 7 heteroatoms. The van der Waals surface area contributed by atoms with Gasteiger partial charge >= 0.3 is 0 Å². The first-order valence-corrected chi connectivity index (χ1v) is 10.8. The molecule has 29 heavy (non-hydrogen) atoms. The van der Waals surface area contributed by atoms with Crippen molar-refractivity contribution in [3.05, 3.63) is 70.0 Å². The molecule has 5 nitrogen and oxygen atoms in total. The van der Waals surface area contributed by atoms with Crippen molar-refractivity contribution < 1.29 is 0 Å². The zero-order valence-electron chi connectivity index (χ0n) is 16.7. The summed E-state index contributed by atoms with van der Waals surface area (Å²) in [4.78, 5) is 4.91. The topological polar surface area (TPSA) is 29.2 Å². The monoisotopic (exact) mass is 427 g/mol. The largest absolute Gasteiger partial charge is 0.300 e.